The minimum absolute atomic E-state index is 0.0881. The number of benzene rings is 1. The highest BCUT2D eigenvalue weighted by molar-refractivity contribution is 5.73. The number of aliphatic carboxylic acids is 1. The molecule has 1 aromatic rings. The van der Waals surface area contributed by atoms with Crippen molar-refractivity contribution in [2.24, 2.45) is 5.92 Å². The average molecular weight is 282 g/mol. The molecule has 108 valence electrons. The molecule has 1 saturated heterocycles. The first-order chi connectivity index (χ1) is 9.52. The smallest absolute Gasteiger partial charge is 0.311 e. The molecule has 0 bridgehead atoms. The highest BCUT2D eigenvalue weighted by Gasteiger charge is 2.35. The molecule has 1 aliphatic rings. The van der Waals surface area contributed by atoms with Gasteiger partial charge in [0, 0.05) is 12.1 Å². The highest BCUT2D eigenvalue weighted by Crippen LogP contribution is 2.31. The standard InChI is InChI=1S/C12H14N2O6/c1-19-7-2-3-11(14(17)18)9(4-7)13-10-6-20-5-8(10)12(15)16/h2-4,8,10,13H,5-6H2,1H3,(H,15,16). The summed E-state index contributed by atoms with van der Waals surface area (Å²) >= 11 is 0. The molecular weight excluding hydrogens is 268 g/mol. The molecule has 2 rings (SSSR count). The Morgan fingerprint density at radius 1 is 1.55 bits per heavy atom. The summed E-state index contributed by atoms with van der Waals surface area (Å²) in [5.74, 6) is -1.28. The molecule has 0 spiro atoms. The number of carboxylic acid groups (broad SMARTS) is 1. The first-order valence-corrected chi connectivity index (χ1v) is 5.92. The summed E-state index contributed by atoms with van der Waals surface area (Å²) in [5.41, 5.74) is 0.0814. The Kier molecular flexibility index (Phi) is 4.04. The predicted octanol–water partition coefficient (Wildman–Crippen LogP) is 1.11. The Labute approximate surface area is 114 Å². The summed E-state index contributed by atoms with van der Waals surface area (Å²) in [6.07, 6.45) is 0. The minimum atomic E-state index is -0.995. The van der Waals surface area contributed by atoms with Gasteiger partial charge in [-0.05, 0) is 6.07 Å². The number of ether oxygens (including phenoxy) is 2. The zero-order valence-electron chi connectivity index (χ0n) is 10.7. The normalized spacial score (nSPS) is 21.4. The summed E-state index contributed by atoms with van der Waals surface area (Å²) in [6.45, 7) is 0.274. The molecule has 0 amide bonds. The molecule has 8 nitrogen and oxygen atoms in total. The Balaban J connectivity index is 2.27. The zero-order chi connectivity index (χ0) is 14.7. The van der Waals surface area contributed by atoms with E-state index in [0.717, 1.165) is 0 Å². The van der Waals surface area contributed by atoms with Crippen molar-refractivity contribution in [2.45, 2.75) is 6.04 Å². The number of nitrogens with zero attached hydrogens (tertiary/aromatic N) is 1. The van der Waals surface area contributed by atoms with Crippen LogP contribution in [0.4, 0.5) is 11.4 Å². The van der Waals surface area contributed by atoms with Crippen molar-refractivity contribution in [3.05, 3.63) is 28.3 Å². The lowest BCUT2D eigenvalue weighted by Crippen LogP contribution is -2.33. The van der Waals surface area contributed by atoms with Gasteiger partial charge in [0.05, 0.1) is 31.3 Å². The Hall–Kier alpha value is -2.35. The van der Waals surface area contributed by atoms with E-state index in [-0.39, 0.29) is 24.6 Å². The van der Waals surface area contributed by atoms with E-state index in [1.807, 2.05) is 0 Å². The van der Waals surface area contributed by atoms with E-state index in [2.05, 4.69) is 5.32 Å². The number of nitro groups is 1. The van der Waals surface area contributed by atoms with Crippen molar-refractivity contribution < 1.29 is 24.3 Å². The van der Waals surface area contributed by atoms with Gasteiger partial charge in [0.25, 0.3) is 5.69 Å². The number of carboxylic acids is 1. The van der Waals surface area contributed by atoms with Crippen molar-refractivity contribution in [1.29, 1.82) is 0 Å². The fourth-order valence-corrected chi connectivity index (χ4v) is 2.06. The van der Waals surface area contributed by atoms with E-state index in [9.17, 15) is 14.9 Å². The van der Waals surface area contributed by atoms with Crippen LogP contribution in [-0.4, -0.2) is 42.4 Å². The fourth-order valence-electron chi connectivity index (χ4n) is 2.06. The maximum absolute atomic E-state index is 11.1. The van der Waals surface area contributed by atoms with Gasteiger partial charge in [-0.15, -0.1) is 0 Å². The van der Waals surface area contributed by atoms with Crippen LogP contribution in [0.3, 0.4) is 0 Å². The number of methoxy groups -OCH3 is 1. The van der Waals surface area contributed by atoms with Crippen LogP contribution >= 0.6 is 0 Å². The SMILES string of the molecule is COc1ccc([N+](=O)[O-])c(NC2COCC2C(=O)O)c1. The molecule has 0 radical (unpaired) electrons. The average Bonchev–Trinajstić information content (AvgIpc) is 2.86. The molecule has 20 heavy (non-hydrogen) atoms. The number of hydrogen-bond acceptors (Lipinski definition) is 6. The topological polar surface area (TPSA) is 111 Å². The quantitative estimate of drug-likeness (QED) is 0.614. The largest absolute Gasteiger partial charge is 0.497 e. The van der Waals surface area contributed by atoms with E-state index in [1.165, 1.54) is 25.3 Å². The van der Waals surface area contributed by atoms with E-state index in [4.69, 9.17) is 14.6 Å². The molecule has 2 atom stereocenters. The van der Waals surface area contributed by atoms with E-state index >= 15 is 0 Å². The van der Waals surface area contributed by atoms with Gasteiger partial charge < -0.3 is 19.9 Å². The van der Waals surface area contributed by atoms with Gasteiger partial charge in [0.15, 0.2) is 0 Å². The number of hydrogen-bond donors (Lipinski definition) is 2. The molecule has 1 fully saturated rings. The van der Waals surface area contributed by atoms with Gasteiger partial charge >= 0.3 is 5.97 Å². The minimum Gasteiger partial charge on any atom is -0.497 e. The van der Waals surface area contributed by atoms with Crippen molar-refractivity contribution >= 4 is 17.3 Å². The van der Waals surface area contributed by atoms with Crippen LogP contribution in [0.2, 0.25) is 0 Å². The lowest BCUT2D eigenvalue weighted by molar-refractivity contribution is -0.384. The summed E-state index contributed by atoms with van der Waals surface area (Å²) in [6, 6.07) is 3.74. The molecule has 0 aromatic heterocycles. The van der Waals surface area contributed by atoms with Gasteiger partial charge in [-0.2, -0.15) is 0 Å². The molecule has 0 aliphatic carbocycles. The third-order valence-corrected chi connectivity index (χ3v) is 3.14. The summed E-state index contributed by atoms with van der Waals surface area (Å²) in [7, 11) is 1.45. The first kappa shape index (κ1) is 14.1. The van der Waals surface area contributed by atoms with E-state index in [1.54, 1.807) is 0 Å². The summed E-state index contributed by atoms with van der Waals surface area (Å²) in [4.78, 5) is 21.5. The van der Waals surface area contributed by atoms with Crippen molar-refractivity contribution in [3.63, 3.8) is 0 Å². The molecule has 8 heteroatoms. The zero-order valence-corrected chi connectivity index (χ0v) is 10.7. The number of nitro benzene ring substituents is 1. The van der Waals surface area contributed by atoms with Crippen LogP contribution in [0.5, 0.6) is 5.75 Å². The predicted molar refractivity (Wildman–Crippen MR) is 69.0 cm³/mol. The number of nitrogens with one attached hydrogen (secondary N) is 1. The van der Waals surface area contributed by atoms with E-state index < -0.39 is 22.9 Å². The Morgan fingerprint density at radius 3 is 2.90 bits per heavy atom. The highest BCUT2D eigenvalue weighted by atomic mass is 16.6. The molecule has 2 unspecified atom stereocenters. The van der Waals surface area contributed by atoms with Crippen LogP contribution in [0.15, 0.2) is 18.2 Å². The molecule has 0 saturated carbocycles. The second kappa shape index (κ2) is 5.74. The lowest BCUT2D eigenvalue weighted by atomic mass is 10.0. The first-order valence-electron chi connectivity index (χ1n) is 5.92. The van der Waals surface area contributed by atoms with Crippen LogP contribution in [0, 0.1) is 16.0 Å². The van der Waals surface area contributed by atoms with Gasteiger partial charge in [-0.25, -0.2) is 0 Å². The third-order valence-electron chi connectivity index (χ3n) is 3.14. The Bertz CT molecular complexity index is 533. The molecular formula is C12H14N2O6. The monoisotopic (exact) mass is 282 g/mol. The van der Waals surface area contributed by atoms with Gasteiger partial charge in [-0.1, -0.05) is 0 Å². The molecule has 1 aliphatic heterocycles. The van der Waals surface area contributed by atoms with Crippen LogP contribution in [0.25, 0.3) is 0 Å². The Morgan fingerprint density at radius 2 is 2.30 bits per heavy atom. The molecule has 1 aromatic carbocycles. The molecule has 2 N–H and O–H groups in total. The lowest BCUT2D eigenvalue weighted by Gasteiger charge is -2.17. The van der Waals surface area contributed by atoms with Gasteiger partial charge in [0.2, 0.25) is 0 Å². The van der Waals surface area contributed by atoms with Crippen molar-refractivity contribution in [3.8, 4) is 5.75 Å². The number of rotatable bonds is 5. The molecule has 1 heterocycles. The van der Waals surface area contributed by atoms with Crippen LogP contribution < -0.4 is 10.1 Å². The second-order valence-electron chi connectivity index (χ2n) is 4.37. The second-order valence-corrected chi connectivity index (χ2v) is 4.37. The maximum Gasteiger partial charge on any atom is 0.311 e. The third kappa shape index (κ3) is 2.80. The van der Waals surface area contributed by atoms with Crippen LogP contribution in [-0.2, 0) is 9.53 Å². The van der Waals surface area contributed by atoms with E-state index in [0.29, 0.717) is 5.75 Å². The van der Waals surface area contributed by atoms with Crippen molar-refractivity contribution in [2.75, 3.05) is 25.6 Å². The summed E-state index contributed by atoms with van der Waals surface area (Å²) in [5, 5.41) is 22.9. The van der Waals surface area contributed by atoms with Gasteiger partial charge in [0.1, 0.15) is 17.4 Å². The fraction of sp³-hybridized carbons (Fsp3) is 0.417. The summed E-state index contributed by atoms with van der Waals surface area (Å²) < 4.78 is 10.1. The van der Waals surface area contributed by atoms with Gasteiger partial charge in [-0.3, -0.25) is 14.9 Å². The number of anilines is 1. The van der Waals surface area contributed by atoms with Crippen molar-refractivity contribution in [1.82, 2.24) is 0 Å². The number of carbonyl (C=O) groups is 1. The van der Waals surface area contributed by atoms with Crippen LogP contribution in [0.1, 0.15) is 0 Å². The maximum atomic E-state index is 11.1.